The second-order valence-electron chi connectivity index (χ2n) is 8.80. The van der Waals surface area contributed by atoms with Crippen molar-refractivity contribution >= 4 is 5.91 Å². The fourth-order valence-electron chi connectivity index (χ4n) is 5.00. The molecular formula is C22H32N2O3. The highest BCUT2D eigenvalue weighted by Crippen LogP contribution is 2.39. The average Bonchev–Trinajstić information content (AvgIpc) is 3.18. The molecule has 148 valence electrons. The third-order valence-corrected chi connectivity index (χ3v) is 6.66. The number of hydrogen-bond donors (Lipinski definition) is 1. The van der Waals surface area contributed by atoms with Crippen LogP contribution < -0.4 is 4.74 Å². The van der Waals surface area contributed by atoms with E-state index >= 15 is 0 Å². The van der Waals surface area contributed by atoms with E-state index in [1.165, 1.54) is 0 Å². The lowest BCUT2D eigenvalue weighted by atomic mass is 9.99. The highest BCUT2D eigenvalue weighted by atomic mass is 16.5. The van der Waals surface area contributed by atoms with Crippen LogP contribution >= 0.6 is 0 Å². The smallest absolute Gasteiger partial charge is 0.260 e. The van der Waals surface area contributed by atoms with Gasteiger partial charge in [0.25, 0.3) is 5.91 Å². The Hall–Kier alpha value is -1.59. The van der Waals surface area contributed by atoms with Crippen molar-refractivity contribution in [3.8, 4) is 5.75 Å². The number of rotatable bonds is 5. The minimum Gasteiger partial charge on any atom is -0.483 e. The zero-order chi connectivity index (χ0) is 18.8. The number of carbonyl (C=O) groups is 1. The van der Waals surface area contributed by atoms with Crippen LogP contribution in [0.4, 0.5) is 0 Å². The van der Waals surface area contributed by atoms with Gasteiger partial charge in [-0.1, -0.05) is 25.1 Å². The summed E-state index contributed by atoms with van der Waals surface area (Å²) in [4.78, 5) is 16.9. The lowest BCUT2D eigenvalue weighted by Gasteiger charge is -2.30. The third kappa shape index (κ3) is 4.46. The lowest BCUT2D eigenvalue weighted by molar-refractivity contribution is -0.134. The monoisotopic (exact) mass is 372 g/mol. The molecule has 3 aliphatic rings. The van der Waals surface area contributed by atoms with Crippen LogP contribution in [0.15, 0.2) is 24.3 Å². The van der Waals surface area contributed by atoms with Crippen molar-refractivity contribution in [3.63, 3.8) is 0 Å². The number of benzene rings is 1. The first-order valence-electron chi connectivity index (χ1n) is 10.5. The summed E-state index contributed by atoms with van der Waals surface area (Å²) in [5, 5.41) is 9.82. The largest absolute Gasteiger partial charge is 0.483 e. The maximum Gasteiger partial charge on any atom is 0.260 e. The van der Waals surface area contributed by atoms with Gasteiger partial charge in [-0.05, 0) is 49.5 Å². The van der Waals surface area contributed by atoms with Gasteiger partial charge in [-0.2, -0.15) is 0 Å². The van der Waals surface area contributed by atoms with E-state index in [0.717, 1.165) is 75.6 Å². The second kappa shape index (κ2) is 8.19. The Morgan fingerprint density at radius 2 is 1.81 bits per heavy atom. The van der Waals surface area contributed by atoms with Gasteiger partial charge in [-0.3, -0.25) is 9.69 Å². The summed E-state index contributed by atoms with van der Waals surface area (Å²) in [6.45, 7) is 7.06. The topological polar surface area (TPSA) is 53.0 Å². The first kappa shape index (κ1) is 18.8. The van der Waals surface area contributed by atoms with Crippen LogP contribution in [0.1, 0.15) is 38.2 Å². The van der Waals surface area contributed by atoms with Gasteiger partial charge >= 0.3 is 0 Å². The second-order valence-corrected chi connectivity index (χ2v) is 8.80. The molecule has 2 unspecified atom stereocenters. The summed E-state index contributed by atoms with van der Waals surface area (Å²) in [7, 11) is 0. The van der Waals surface area contributed by atoms with Crippen molar-refractivity contribution in [1.29, 1.82) is 0 Å². The highest BCUT2D eigenvalue weighted by Gasteiger charge is 2.40. The molecular weight excluding hydrogens is 340 g/mol. The van der Waals surface area contributed by atoms with Gasteiger partial charge in [0.15, 0.2) is 6.61 Å². The number of nitrogens with zero attached hydrogens (tertiary/aromatic N) is 2. The van der Waals surface area contributed by atoms with E-state index in [-0.39, 0.29) is 18.6 Å². The van der Waals surface area contributed by atoms with E-state index in [1.54, 1.807) is 0 Å². The van der Waals surface area contributed by atoms with Gasteiger partial charge < -0.3 is 14.7 Å². The van der Waals surface area contributed by atoms with Crippen molar-refractivity contribution < 1.29 is 14.6 Å². The maximum atomic E-state index is 12.5. The molecule has 2 saturated heterocycles. The summed E-state index contributed by atoms with van der Waals surface area (Å²) in [6.07, 6.45) is 3.98. The Kier molecular flexibility index (Phi) is 5.69. The molecule has 1 saturated carbocycles. The van der Waals surface area contributed by atoms with Gasteiger partial charge in [0.1, 0.15) is 5.75 Å². The zero-order valence-corrected chi connectivity index (χ0v) is 16.3. The molecule has 1 aromatic carbocycles. The van der Waals surface area contributed by atoms with Gasteiger partial charge in [0, 0.05) is 38.3 Å². The SMILES string of the molecule is CC1CCN(C(=O)COc2ccccc2CN2CC3CC(O)CC3C2)CC1. The number of piperidine rings is 1. The molecule has 1 amide bonds. The Morgan fingerprint density at radius 1 is 1.15 bits per heavy atom. The molecule has 2 heterocycles. The normalized spacial score (nSPS) is 29.1. The maximum absolute atomic E-state index is 12.5. The molecule has 0 aromatic heterocycles. The molecule has 1 aliphatic carbocycles. The van der Waals surface area contributed by atoms with E-state index < -0.39 is 0 Å². The van der Waals surface area contributed by atoms with Crippen LogP contribution in [-0.4, -0.2) is 59.7 Å². The first-order valence-corrected chi connectivity index (χ1v) is 10.5. The van der Waals surface area contributed by atoms with Gasteiger partial charge in [0.2, 0.25) is 0 Å². The number of fused-ring (bicyclic) bond motifs is 1. The van der Waals surface area contributed by atoms with Gasteiger partial charge in [-0.15, -0.1) is 0 Å². The summed E-state index contributed by atoms with van der Waals surface area (Å²) < 4.78 is 5.94. The first-order chi connectivity index (χ1) is 13.1. The van der Waals surface area contributed by atoms with Gasteiger partial charge in [0.05, 0.1) is 6.10 Å². The Morgan fingerprint density at radius 3 is 2.52 bits per heavy atom. The molecule has 0 radical (unpaired) electrons. The van der Waals surface area contributed by atoms with E-state index in [1.807, 2.05) is 23.1 Å². The summed E-state index contributed by atoms with van der Waals surface area (Å²) in [5.74, 6) is 2.92. The number of para-hydroxylation sites is 1. The number of aliphatic hydroxyl groups is 1. The van der Waals surface area contributed by atoms with E-state index in [0.29, 0.717) is 11.8 Å². The van der Waals surface area contributed by atoms with Crippen molar-refractivity contribution in [1.82, 2.24) is 9.80 Å². The minimum absolute atomic E-state index is 0.0958. The highest BCUT2D eigenvalue weighted by molar-refractivity contribution is 5.77. The predicted octanol–water partition coefficient (Wildman–Crippen LogP) is 2.53. The van der Waals surface area contributed by atoms with E-state index in [4.69, 9.17) is 4.74 Å². The zero-order valence-electron chi connectivity index (χ0n) is 16.3. The fraction of sp³-hybridized carbons (Fsp3) is 0.682. The molecule has 2 atom stereocenters. The number of aliphatic hydroxyl groups excluding tert-OH is 1. The van der Waals surface area contributed by atoms with Crippen molar-refractivity contribution in [2.75, 3.05) is 32.8 Å². The average molecular weight is 373 g/mol. The molecule has 3 fully saturated rings. The molecule has 1 N–H and O–H groups in total. The third-order valence-electron chi connectivity index (χ3n) is 6.66. The Labute approximate surface area is 162 Å². The number of ether oxygens (including phenoxy) is 1. The molecule has 5 nitrogen and oxygen atoms in total. The lowest BCUT2D eigenvalue weighted by Crippen LogP contribution is -2.40. The minimum atomic E-state index is -0.0958. The number of amides is 1. The molecule has 0 bridgehead atoms. The predicted molar refractivity (Wildman–Crippen MR) is 104 cm³/mol. The number of hydrogen-bond acceptors (Lipinski definition) is 4. The molecule has 2 aliphatic heterocycles. The standard InChI is InChI=1S/C22H32N2O3/c1-16-6-8-24(9-7-16)22(26)15-27-21-5-3-2-4-17(21)12-23-13-18-10-20(25)11-19(18)14-23/h2-5,16,18-20,25H,6-15H2,1H3. The summed E-state index contributed by atoms with van der Waals surface area (Å²) >= 11 is 0. The van der Waals surface area contributed by atoms with Crippen molar-refractivity contribution in [3.05, 3.63) is 29.8 Å². The van der Waals surface area contributed by atoms with Crippen LogP contribution in [0, 0.1) is 17.8 Å². The van der Waals surface area contributed by atoms with Crippen LogP contribution in [-0.2, 0) is 11.3 Å². The quantitative estimate of drug-likeness (QED) is 0.863. The fourth-order valence-corrected chi connectivity index (χ4v) is 5.00. The van der Waals surface area contributed by atoms with Crippen molar-refractivity contribution in [2.45, 2.75) is 45.3 Å². The van der Waals surface area contributed by atoms with E-state index in [2.05, 4.69) is 17.9 Å². The summed E-state index contributed by atoms with van der Waals surface area (Å²) in [6, 6.07) is 8.09. The molecule has 5 heteroatoms. The molecule has 1 aromatic rings. The Bertz CT molecular complexity index is 643. The van der Waals surface area contributed by atoms with Crippen LogP contribution in [0.2, 0.25) is 0 Å². The van der Waals surface area contributed by atoms with Gasteiger partial charge in [-0.25, -0.2) is 0 Å². The van der Waals surface area contributed by atoms with Crippen LogP contribution in [0.5, 0.6) is 5.75 Å². The number of carbonyl (C=O) groups excluding carboxylic acids is 1. The molecule has 27 heavy (non-hydrogen) atoms. The Balaban J connectivity index is 1.31. The van der Waals surface area contributed by atoms with Crippen molar-refractivity contribution in [2.24, 2.45) is 17.8 Å². The summed E-state index contributed by atoms with van der Waals surface area (Å²) in [5.41, 5.74) is 1.15. The van der Waals surface area contributed by atoms with E-state index in [9.17, 15) is 9.90 Å². The number of likely N-dealkylation sites (tertiary alicyclic amines) is 2. The molecule has 0 spiro atoms. The van der Waals surface area contributed by atoms with Crippen LogP contribution in [0.25, 0.3) is 0 Å². The van der Waals surface area contributed by atoms with Crippen LogP contribution in [0.3, 0.4) is 0 Å². The molecule has 4 rings (SSSR count).